The number of hydrogen-bond acceptors (Lipinski definition) is 5. The van der Waals surface area contributed by atoms with Gasteiger partial charge in [0.05, 0.1) is 12.3 Å². The van der Waals surface area contributed by atoms with Gasteiger partial charge in [0.1, 0.15) is 5.75 Å². The molecule has 0 atom stereocenters. The van der Waals surface area contributed by atoms with Crippen LogP contribution in [0.4, 0.5) is 0 Å². The zero-order valence-corrected chi connectivity index (χ0v) is 17.3. The predicted molar refractivity (Wildman–Crippen MR) is 117 cm³/mol. The summed E-state index contributed by atoms with van der Waals surface area (Å²) in [5, 5.41) is 8.84. The number of aromatic nitrogens is 1. The number of unbranched alkanes of at least 4 members (excludes halogenated alkanes) is 2. The quantitative estimate of drug-likeness (QED) is 0.417. The Morgan fingerprint density at radius 1 is 1.27 bits per heavy atom. The van der Waals surface area contributed by atoms with Crippen LogP contribution in [-0.4, -0.2) is 29.3 Å². The van der Waals surface area contributed by atoms with Gasteiger partial charge in [-0.1, -0.05) is 37.6 Å². The third-order valence-electron chi connectivity index (χ3n) is 4.89. The molecule has 2 aromatic rings. The number of nitrogens with one attached hydrogen (secondary N) is 1. The number of nitrogens with zero attached hydrogens (tertiary/aromatic N) is 1. The van der Waals surface area contributed by atoms with Crippen LogP contribution in [0.15, 0.2) is 54.4 Å². The topological polar surface area (TPSA) is 80.7 Å². The van der Waals surface area contributed by atoms with Crippen LogP contribution in [0.5, 0.6) is 5.75 Å². The van der Waals surface area contributed by atoms with Crippen molar-refractivity contribution in [2.24, 2.45) is 0 Å². The van der Waals surface area contributed by atoms with Crippen LogP contribution in [0.3, 0.4) is 0 Å². The van der Waals surface area contributed by atoms with Gasteiger partial charge in [0.25, 0.3) is 0 Å². The van der Waals surface area contributed by atoms with Crippen LogP contribution in [0, 0.1) is 0 Å². The summed E-state index contributed by atoms with van der Waals surface area (Å²) in [7, 11) is 0. The highest BCUT2D eigenvalue weighted by Crippen LogP contribution is 2.31. The van der Waals surface area contributed by atoms with E-state index < -0.39 is 5.97 Å². The average molecular weight is 408 g/mol. The largest absolute Gasteiger partial charge is 0.482 e. The number of fused-ring (bicyclic) bond motifs is 1. The van der Waals surface area contributed by atoms with E-state index in [1.54, 1.807) is 6.20 Å². The van der Waals surface area contributed by atoms with Crippen molar-refractivity contribution >= 4 is 17.7 Å². The second-order valence-electron chi connectivity index (χ2n) is 7.20. The second-order valence-corrected chi connectivity index (χ2v) is 7.20. The summed E-state index contributed by atoms with van der Waals surface area (Å²) in [6.45, 7) is 2.31. The number of rotatable bonds is 11. The fourth-order valence-electron chi connectivity index (χ4n) is 3.35. The van der Waals surface area contributed by atoms with Crippen LogP contribution in [-0.2, 0) is 16.1 Å². The molecule has 0 aliphatic heterocycles. The van der Waals surface area contributed by atoms with Crippen molar-refractivity contribution in [3.8, 4) is 5.75 Å². The number of aliphatic carboxylic acids is 1. The molecule has 0 saturated heterocycles. The summed E-state index contributed by atoms with van der Waals surface area (Å²) in [5.41, 5.74) is 8.29. The highest BCUT2D eigenvalue weighted by Gasteiger charge is 2.16. The van der Waals surface area contributed by atoms with E-state index in [4.69, 9.17) is 14.7 Å². The van der Waals surface area contributed by atoms with E-state index in [1.807, 2.05) is 36.5 Å². The maximum atomic E-state index is 10.8. The minimum Gasteiger partial charge on any atom is -0.482 e. The van der Waals surface area contributed by atoms with Gasteiger partial charge in [-0.05, 0) is 55.0 Å². The standard InChI is InChI=1S/C24H28N2O4/c1-2-3-4-9-22(20-8-6-13-25-15-20)26-30-16-18-11-12-21-19(14-18)7-5-10-23(21)29-17-24(27)28/h5-10,13-15,26H,2-4,11-12,16-17H2,1H3,(H,27,28). The van der Waals surface area contributed by atoms with Gasteiger partial charge in [-0.2, -0.15) is 0 Å². The fourth-order valence-corrected chi connectivity index (χ4v) is 3.35. The molecule has 0 fully saturated rings. The molecule has 0 unspecified atom stereocenters. The number of pyridine rings is 1. The van der Waals surface area contributed by atoms with Crippen LogP contribution < -0.4 is 10.2 Å². The maximum Gasteiger partial charge on any atom is 0.341 e. The lowest BCUT2D eigenvalue weighted by molar-refractivity contribution is -0.139. The molecular weight excluding hydrogens is 380 g/mol. The van der Waals surface area contributed by atoms with Crippen LogP contribution in [0.25, 0.3) is 11.8 Å². The van der Waals surface area contributed by atoms with Gasteiger partial charge in [-0.25, -0.2) is 4.79 Å². The van der Waals surface area contributed by atoms with Gasteiger partial charge < -0.3 is 9.84 Å². The normalized spacial score (nSPS) is 13.4. The molecular formula is C24H28N2O4. The van der Waals surface area contributed by atoms with Crippen LogP contribution >= 0.6 is 0 Å². The van der Waals surface area contributed by atoms with Gasteiger partial charge in [-0.15, -0.1) is 0 Å². The van der Waals surface area contributed by atoms with E-state index in [9.17, 15) is 4.79 Å². The molecule has 1 aromatic carbocycles. The number of ether oxygens (including phenoxy) is 1. The highest BCUT2D eigenvalue weighted by atomic mass is 16.6. The summed E-state index contributed by atoms with van der Waals surface area (Å²) in [4.78, 5) is 20.8. The Morgan fingerprint density at radius 2 is 2.17 bits per heavy atom. The average Bonchev–Trinajstić information content (AvgIpc) is 2.77. The molecule has 158 valence electrons. The smallest absolute Gasteiger partial charge is 0.341 e. The molecule has 30 heavy (non-hydrogen) atoms. The molecule has 2 N–H and O–H groups in total. The predicted octanol–water partition coefficient (Wildman–Crippen LogP) is 4.63. The molecule has 6 nitrogen and oxygen atoms in total. The fraction of sp³-hybridized carbons (Fsp3) is 0.333. The van der Waals surface area contributed by atoms with Gasteiger partial charge in [0.2, 0.25) is 0 Å². The Morgan fingerprint density at radius 3 is 2.93 bits per heavy atom. The Hall–Kier alpha value is -3.12. The number of hydrogen-bond donors (Lipinski definition) is 2. The third-order valence-corrected chi connectivity index (χ3v) is 4.89. The first-order valence-corrected chi connectivity index (χ1v) is 10.3. The van der Waals surface area contributed by atoms with Crippen LogP contribution in [0.1, 0.15) is 49.3 Å². The summed E-state index contributed by atoms with van der Waals surface area (Å²) in [6, 6.07) is 9.64. The summed E-state index contributed by atoms with van der Waals surface area (Å²) >= 11 is 0. The van der Waals surface area contributed by atoms with E-state index in [2.05, 4.69) is 29.5 Å². The Bertz CT molecular complexity index is 907. The lowest BCUT2D eigenvalue weighted by Gasteiger charge is -2.20. The zero-order chi connectivity index (χ0) is 21.2. The summed E-state index contributed by atoms with van der Waals surface area (Å²) < 4.78 is 5.42. The number of hydroxylamine groups is 1. The van der Waals surface area contributed by atoms with Crippen LogP contribution in [0.2, 0.25) is 0 Å². The molecule has 0 radical (unpaired) electrons. The molecule has 1 aromatic heterocycles. The van der Waals surface area contributed by atoms with Gasteiger partial charge in [0.15, 0.2) is 6.61 Å². The molecule has 0 spiro atoms. The highest BCUT2D eigenvalue weighted by molar-refractivity contribution is 5.69. The molecule has 0 bridgehead atoms. The summed E-state index contributed by atoms with van der Waals surface area (Å²) in [6.07, 6.45) is 12.7. The van der Waals surface area contributed by atoms with Crippen molar-refractivity contribution in [3.63, 3.8) is 0 Å². The number of allylic oxidation sites excluding steroid dienone is 1. The molecule has 6 heteroatoms. The Balaban J connectivity index is 1.62. The maximum absolute atomic E-state index is 10.8. The zero-order valence-electron chi connectivity index (χ0n) is 17.3. The van der Waals surface area contributed by atoms with E-state index in [0.717, 1.165) is 54.5 Å². The monoisotopic (exact) mass is 408 g/mol. The van der Waals surface area contributed by atoms with E-state index in [-0.39, 0.29) is 6.61 Å². The van der Waals surface area contributed by atoms with Crippen molar-refractivity contribution < 1.29 is 19.5 Å². The minimum absolute atomic E-state index is 0.332. The number of carboxylic acids is 1. The van der Waals surface area contributed by atoms with Gasteiger partial charge in [-0.3, -0.25) is 15.3 Å². The van der Waals surface area contributed by atoms with Gasteiger partial charge >= 0.3 is 5.97 Å². The molecule has 3 rings (SSSR count). The molecule has 1 heterocycles. The number of carboxylic acid groups (broad SMARTS) is 1. The van der Waals surface area contributed by atoms with Crippen molar-refractivity contribution in [2.75, 3.05) is 13.2 Å². The first-order valence-electron chi connectivity index (χ1n) is 10.3. The third kappa shape index (κ3) is 6.19. The SMILES string of the molecule is CCCCC=C(NOCC1=Cc2cccc(OCC(=O)O)c2CC1)c1cccnc1. The molecule has 0 amide bonds. The molecule has 0 saturated carbocycles. The first kappa shape index (κ1) is 21.6. The van der Waals surface area contributed by atoms with Gasteiger partial charge in [0, 0.05) is 23.5 Å². The lowest BCUT2D eigenvalue weighted by atomic mass is 9.92. The molecule has 1 aliphatic carbocycles. The minimum atomic E-state index is -0.976. The van der Waals surface area contributed by atoms with Crippen molar-refractivity contribution in [1.29, 1.82) is 0 Å². The Labute approximate surface area is 177 Å². The second kappa shape index (κ2) is 11.2. The molecule has 1 aliphatic rings. The van der Waals surface area contributed by atoms with Crippen molar-refractivity contribution in [2.45, 2.75) is 39.0 Å². The number of carbonyl (C=O) groups is 1. The first-order chi connectivity index (χ1) is 14.7. The summed E-state index contributed by atoms with van der Waals surface area (Å²) in [5.74, 6) is -0.336. The Kier molecular flexibility index (Phi) is 8.03. The van der Waals surface area contributed by atoms with Crippen molar-refractivity contribution in [1.82, 2.24) is 10.5 Å². The van der Waals surface area contributed by atoms with E-state index >= 15 is 0 Å². The lowest BCUT2D eigenvalue weighted by Crippen LogP contribution is -2.17. The number of benzene rings is 1. The van der Waals surface area contributed by atoms with E-state index in [0.29, 0.717) is 12.4 Å². The van der Waals surface area contributed by atoms with E-state index in [1.165, 1.54) is 5.57 Å². The van der Waals surface area contributed by atoms with Crippen molar-refractivity contribution in [3.05, 3.63) is 71.1 Å².